The zero-order valence-electron chi connectivity index (χ0n) is 8.16. The minimum atomic E-state index is -3.51. The number of halogens is 4. The minimum Gasteiger partial charge on any atom is -0.433 e. The standard InChI is InChI=1S/C8H7BrClF2NO3S/c9-4-17(14,15)13-5-1-2-7(6(10)3-5)16-8(11)12/h1-3,8,13H,4H2. The molecule has 0 spiro atoms. The van der Waals surface area contributed by atoms with Gasteiger partial charge in [0.15, 0.2) is 0 Å². The number of sulfonamides is 1. The van der Waals surface area contributed by atoms with E-state index < -0.39 is 16.6 Å². The second-order valence-corrected chi connectivity index (χ2v) is 6.28. The van der Waals surface area contributed by atoms with E-state index in [-0.39, 0.29) is 21.1 Å². The quantitative estimate of drug-likeness (QED) is 0.831. The number of anilines is 1. The van der Waals surface area contributed by atoms with Crippen molar-refractivity contribution in [2.45, 2.75) is 6.61 Å². The van der Waals surface area contributed by atoms with Crippen molar-refractivity contribution < 1.29 is 21.9 Å². The molecule has 1 aromatic carbocycles. The van der Waals surface area contributed by atoms with Gasteiger partial charge in [-0.05, 0) is 18.2 Å². The molecule has 0 heterocycles. The maximum Gasteiger partial charge on any atom is 0.387 e. The van der Waals surface area contributed by atoms with Crippen LogP contribution in [0.1, 0.15) is 0 Å². The van der Waals surface area contributed by atoms with Crippen LogP contribution in [0.25, 0.3) is 0 Å². The topological polar surface area (TPSA) is 55.4 Å². The molecule has 0 saturated heterocycles. The summed E-state index contributed by atoms with van der Waals surface area (Å²) in [5.41, 5.74) is 0.163. The molecule has 0 bridgehead atoms. The SMILES string of the molecule is O=S(=O)(CBr)Nc1ccc(OC(F)F)c(Cl)c1. The first-order valence-corrected chi connectivity index (χ1v) is 7.30. The number of benzene rings is 1. The van der Waals surface area contributed by atoms with E-state index in [0.717, 1.165) is 6.07 Å². The van der Waals surface area contributed by atoms with Crippen molar-refractivity contribution in [3.8, 4) is 5.75 Å². The van der Waals surface area contributed by atoms with E-state index in [4.69, 9.17) is 11.6 Å². The molecular formula is C8H7BrClF2NO3S. The van der Waals surface area contributed by atoms with E-state index in [1.165, 1.54) is 12.1 Å². The molecule has 9 heteroatoms. The first kappa shape index (κ1) is 14.5. The molecule has 4 nitrogen and oxygen atoms in total. The highest BCUT2D eigenvalue weighted by molar-refractivity contribution is 9.10. The summed E-state index contributed by atoms with van der Waals surface area (Å²) in [4.78, 5) is 0. The molecule has 0 amide bonds. The fourth-order valence-corrected chi connectivity index (χ4v) is 2.07. The summed E-state index contributed by atoms with van der Waals surface area (Å²) in [7, 11) is -3.51. The Morgan fingerprint density at radius 1 is 1.47 bits per heavy atom. The molecule has 1 aromatic rings. The van der Waals surface area contributed by atoms with Crippen molar-refractivity contribution >= 4 is 43.2 Å². The van der Waals surface area contributed by atoms with Gasteiger partial charge in [0.05, 0.1) is 10.7 Å². The summed E-state index contributed by atoms with van der Waals surface area (Å²) in [6.45, 7) is -2.99. The second kappa shape index (κ2) is 5.83. The van der Waals surface area contributed by atoms with Crippen LogP contribution in [0.15, 0.2) is 18.2 Å². The molecule has 0 atom stereocenters. The van der Waals surface area contributed by atoms with Gasteiger partial charge < -0.3 is 4.74 Å². The lowest BCUT2D eigenvalue weighted by Crippen LogP contribution is -2.13. The van der Waals surface area contributed by atoms with E-state index >= 15 is 0 Å². The van der Waals surface area contributed by atoms with E-state index in [0.29, 0.717) is 0 Å². The number of alkyl halides is 3. The van der Waals surface area contributed by atoms with Crippen LogP contribution in [0.4, 0.5) is 14.5 Å². The van der Waals surface area contributed by atoms with Gasteiger partial charge in [0, 0.05) is 0 Å². The highest BCUT2D eigenvalue weighted by Gasteiger charge is 2.12. The smallest absolute Gasteiger partial charge is 0.387 e. The minimum absolute atomic E-state index is 0.111. The lowest BCUT2D eigenvalue weighted by atomic mass is 10.3. The van der Waals surface area contributed by atoms with Gasteiger partial charge in [-0.2, -0.15) is 8.78 Å². The van der Waals surface area contributed by atoms with Gasteiger partial charge in [-0.1, -0.05) is 27.5 Å². The van der Waals surface area contributed by atoms with Crippen molar-refractivity contribution in [3.05, 3.63) is 23.2 Å². The fraction of sp³-hybridized carbons (Fsp3) is 0.250. The Labute approximate surface area is 110 Å². The van der Waals surface area contributed by atoms with Crippen molar-refractivity contribution in [2.75, 3.05) is 9.38 Å². The van der Waals surface area contributed by atoms with Gasteiger partial charge in [0.25, 0.3) is 0 Å². The Kier molecular flexibility index (Phi) is 4.96. The van der Waals surface area contributed by atoms with Gasteiger partial charge >= 0.3 is 6.61 Å². The summed E-state index contributed by atoms with van der Waals surface area (Å²) in [5, 5.41) is -0.111. The van der Waals surface area contributed by atoms with Crippen LogP contribution in [-0.2, 0) is 10.0 Å². The zero-order chi connectivity index (χ0) is 13.1. The van der Waals surface area contributed by atoms with Gasteiger partial charge in [-0.15, -0.1) is 0 Å². The van der Waals surface area contributed by atoms with E-state index in [2.05, 4.69) is 25.4 Å². The summed E-state index contributed by atoms with van der Waals surface area (Å²) < 4.78 is 52.2. The molecule has 1 N–H and O–H groups in total. The number of hydrogen-bond acceptors (Lipinski definition) is 3. The maximum atomic E-state index is 11.9. The third-order valence-electron chi connectivity index (χ3n) is 1.56. The van der Waals surface area contributed by atoms with Crippen LogP contribution in [0.5, 0.6) is 5.75 Å². The van der Waals surface area contributed by atoms with Crippen LogP contribution < -0.4 is 9.46 Å². The molecular weight excluding hydrogens is 344 g/mol. The average Bonchev–Trinajstić information content (AvgIpc) is 2.21. The maximum absolute atomic E-state index is 11.9. The highest BCUT2D eigenvalue weighted by atomic mass is 79.9. The summed E-state index contributed by atoms with van der Waals surface area (Å²) in [5.74, 6) is -0.219. The van der Waals surface area contributed by atoms with Crippen LogP contribution in [0.3, 0.4) is 0 Å². The van der Waals surface area contributed by atoms with Gasteiger partial charge in [0.1, 0.15) is 10.4 Å². The second-order valence-electron chi connectivity index (χ2n) is 2.85. The summed E-state index contributed by atoms with van der Waals surface area (Å²) in [6.07, 6.45) is 0. The molecule has 0 unspecified atom stereocenters. The normalized spacial score (nSPS) is 11.6. The molecule has 0 saturated carbocycles. The first-order valence-electron chi connectivity index (χ1n) is 4.15. The number of hydrogen-bond donors (Lipinski definition) is 1. The van der Waals surface area contributed by atoms with E-state index in [9.17, 15) is 17.2 Å². The van der Waals surface area contributed by atoms with Gasteiger partial charge in [0.2, 0.25) is 10.0 Å². The number of rotatable bonds is 5. The molecule has 0 fully saturated rings. The van der Waals surface area contributed by atoms with Crippen molar-refractivity contribution in [1.29, 1.82) is 0 Å². The molecule has 0 aliphatic heterocycles. The Hall–Kier alpha value is -0.600. The van der Waals surface area contributed by atoms with Crippen LogP contribution in [0, 0.1) is 0 Å². The molecule has 0 radical (unpaired) electrons. The Balaban J connectivity index is 2.89. The third-order valence-corrected chi connectivity index (χ3v) is 4.50. The molecule has 17 heavy (non-hydrogen) atoms. The Bertz CT molecular complexity index is 498. The lowest BCUT2D eigenvalue weighted by Gasteiger charge is -2.09. The molecule has 0 aliphatic carbocycles. The zero-order valence-corrected chi connectivity index (χ0v) is 11.3. The summed E-state index contributed by atoms with van der Waals surface area (Å²) >= 11 is 8.43. The molecule has 96 valence electrons. The Morgan fingerprint density at radius 2 is 2.12 bits per heavy atom. The predicted octanol–water partition coefficient (Wildman–Crippen LogP) is 3.04. The lowest BCUT2D eigenvalue weighted by molar-refractivity contribution is -0.0497. The fourth-order valence-electron chi connectivity index (χ4n) is 0.963. The van der Waals surface area contributed by atoms with Crippen molar-refractivity contribution in [3.63, 3.8) is 0 Å². The van der Waals surface area contributed by atoms with Gasteiger partial charge in [-0.3, -0.25) is 4.72 Å². The Morgan fingerprint density at radius 3 is 2.59 bits per heavy atom. The van der Waals surface area contributed by atoms with Crippen molar-refractivity contribution in [1.82, 2.24) is 0 Å². The van der Waals surface area contributed by atoms with Crippen molar-refractivity contribution in [2.24, 2.45) is 0 Å². The summed E-state index contributed by atoms with van der Waals surface area (Å²) in [6, 6.07) is 3.60. The number of ether oxygens (including phenoxy) is 1. The van der Waals surface area contributed by atoms with Gasteiger partial charge in [-0.25, -0.2) is 8.42 Å². The van der Waals surface area contributed by atoms with E-state index in [1.54, 1.807) is 0 Å². The monoisotopic (exact) mass is 349 g/mol. The molecule has 0 aliphatic rings. The third kappa shape index (κ3) is 4.64. The van der Waals surface area contributed by atoms with Crippen LogP contribution >= 0.6 is 27.5 Å². The molecule has 1 rings (SSSR count). The predicted molar refractivity (Wildman–Crippen MR) is 64.4 cm³/mol. The first-order chi connectivity index (χ1) is 7.84. The average molecular weight is 351 g/mol. The molecule has 0 aromatic heterocycles. The van der Waals surface area contributed by atoms with Crippen LogP contribution in [0.2, 0.25) is 5.02 Å². The highest BCUT2D eigenvalue weighted by Crippen LogP contribution is 2.29. The largest absolute Gasteiger partial charge is 0.433 e. The van der Waals surface area contributed by atoms with Crippen LogP contribution in [-0.4, -0.2) is 19.7 Å². The number of nitrogens with one attached hydrogen (secondary N) is 1. The van der Waals surface area contributed by atoms with E-state index in [1.807, 2.05) is 0 Å².